The lowest BCUT2D eigenvalue weighted by Crippen LogP contribution is -2.32. The van der Waals surface area contributed by atoms with E-state index in [1.165, 1.54) is 15.8 Å². The molecule has 2 aliphatic rings. The van der Waals surface area contributed by atoms with Crippen LogP contribution in [-0.2, 0) is 19.4 Å². The number of rotatable bonds is 3. The lowest BCUT2D eigenvalue weighted by atomic mass is 10.1. The molecule has 0 radical (unpaired) electrons. The number of amides is 1. The van der Waals surface area contributed by atoms with Gasteiger partial charge < -0.3 is 10.0 Å². The maximum Gasteiger partial charge on any atom is 0.272 e. The van der Waals surface area contributed by atoms with Crippen molar-refractivity contribution in [3.63, 3.8) is 0 Å². The SMILES string of the molecule is CCc1nc([C@@H]2C[C@@H](O)CN2C(=O)c2cnn3c2CC(F)(F)C3)n[nH]1. The Morgan fingerprint density at radius 1 is 1.52 bits per heavy atom. The minimum absolute atomic E-state index is 0.112. The standard InChI is InChI=1S/C15H18F2N6O2/c1-2-12-19-13(21-20-12)10-3-8(24)6-22(10)14(25)9-5-18-23-7-15(16,17)4-11(9)23/h5,8,10,24H,2-4,6-7H2,1H3,(H,19,20,21)/t8-,10+/m1/s1. The number of aliphatic hydroxyl groups excluding tert-OH is 1. The Morgan fingerprint density at radius 3 is 3.04 bits per heavy atom. The summed E-state index contributed by atoms with van der Waals surface area (Å²) in [7, 11) is 0. The second-order valence-electron chi connectivity index (χ2n) is 6.55. The summed E-state index contributed by atoms with van der Waals surface area (Å²) in [6.45, 7) is 1.52. The van der Waals surface area contributed by atoms with Crippen LogP contribution in [0.15, 0.2) is 6.20 Å². The Kier molecular flexibility index (Phi) is 3.60. The number of β-amino-alcohol motifs (C(OH)–C–C–N with tert-alkyl or cyclic N) is 1. The predicted octanol–water partition coefficient (Wildman–Crippen LogP) is 0.703. The number of likely N-dealkylation sites (tertiary alicyclic amines) is 1. The number of hydrogen-bond donors (Lipinski definition) is 2. The number of carbonyl (C=O) groups excluding carboxylic acids is 1. The molecule has 0 bridgehead atoms. The number of H-pyrrole nitrogens is 1. The molecule has 1 fully saturated rings. The summed E-state index contributed by atoms with van der Waals surface area (Å²) in [5, 5.41) is 20.9. The number of carbonyl (C=O) groups is 1. The number of hydrogen-bond acceptors (Lipinski definition) is 5. The van der Waals surface area contributed by atoms with Crippen LogP contribution in [-0.4, -0.2) is 59.4 Å². The van der Waals surface area contributed by atoms with Crippen molar-refractivity contribution < 1.29 is 18.7 Å². The fourth-order valence-corrected chi connectivity index (χ4v) is 3.49. The van der Waals surface area contributed by atoms with E-state index < -0.39 is 36.9 Å². The van der Waals surface area contributed by atoms with Gasteiger partial charge in [-0.1, -0.05) is 6.92 Å². The smallest absolute Gasteiger partial charge is 0.272 e. The van der Waals surface area contributed by atoms with E-state index in [2.05, 4.69) is 20.3 Å². The Morgan fingerprint density at radius 2 is 2.32 bits per heavy atom. The Labute approximate surface area is 141 Å². The zero-order valence-corrected chi connectivity index (χ0v) is 13.6. The Bertz CT molecular complexity index is 817. The number of halogens is 2. The van der Waals surface area contributed by atoms with E-state index in [-0.39, 0.29) is 17.8 Å². The molecule has 1 saturated heterocycles. The Balaban J connectivity index is 1.63. The summed E-state index contributed by atoms with van der Waals surface area (Å²) in [5.41, 5.74) is 0.391. The second-order valence-corrected chi connectivity index (χ2v) is 6.55. The van der Waals surface area contributed by atoms with Crippen LogP contribution in [0.2, 0.25) is 0 Å². The highest BCUT2D eigenvalue weighted by Crippen LogP contribution is 2.35. The fraction of sp³-hybridized carbons (Fsp3) is 0.600. The summed E-state index contributed by atoms with van der Waals surface area (Å²) < 4.78 is 28.4. The van der Waals surface area contributed by atoms with Crippen LogP contribution in [0.1, 0.15) is 47.1 Å². The first-order valence-electron chi connectivity index (χ1n) is 8.20. The van der Waals surface area contributed by atoms with Crippen molar-refractivity contribution in [1.29, 1.82) is 0 Å². The summed E-state index contributed by atoms with van der Waals surface area (Å²) in [5.74, 6) is -2.20. The number of nitrogens with zero attached hydrogens (tertiary/aromatic N) is 5. The zero-order valence-electron chi connectivity index (χ0n) is 13.6. The number of alkyl halides is 2. The van der Waals surface area contributed by atoms with E-state index in [4.69, 9.17) is 0 Å². The predicted molar refractivity (Wildman–Crippen MR) is 81.0 cm³/mol. The van der Waals surface area contributed by atoms with Gasteiger partial charge in [-0.15, -0.1) is 0 Å². The second kappa shape index (κ2) is 5.58. The molecule has 0 aliphatic carbocycles. The molecule has 8 nitrogen and oxygen atoms in total. The van der Waals surface area contributed by atoms with Gasteiger partial charge in [0.15, 0.2) is 5.82 Å². The average molecular weight is 352 g/mol. The van der Waals surface area contributed by atoms with Crippen molar-refractivity contribution in [3.8, 4) is 0 Å². The van der Waals surface area contributed by atoms with Crippen molar-refractivity contribution in [2.24, 2.45) is 0 Å². The van der Waals surface area contributed by atoms with Crippen LogP contribution in [0.5, 0.6) is 0 Å². The molecule has 0 aromatic carbocycles. The van der Waals surface area contributed by atoms with Crippen molar-refractivity contribution in [3.05, 3.63) is 29.1 Å². The van der Waals surface area contributed by atoms with Gasteiger partial charge in [-0.2, -0.15) is 10.2 Å². The van der Waals surface area contributed by atoms with Gasteiger partial charge >= 0.3 is 0 Å². The van der Waals surface area contributed by atoms with E-state index in [0.29, 0.717) is 24.5 Å². The van der Waals surface area contributed by atoms with Crippen LogP contribution in [0.4, 0.5) is 8.78 Å². The lowest BCUT2D eigenvalue weighted by Gasteiger charge is -2.22. The van der Waals surface area contributed by atoms with Crippen LogP contribution >= 0.6 is 0 Å². The molecule has 134 valence electrons. The fourth-order valence-electron chi connectivity index (χ4n) is 3.49. The molecule has 4 heterocycles. The summed E-state index contributed by atoms with van der Waals surface area (Å²) in [4.78, 5) is 18.7. The first kappa shape index (κ1) is 16.1. The molecule has 2 aromatic heterocycles. The molecule has 2 N–H and O–H groups in total. The van der Waals surface area contributed by atoms with Crippen molar-refractivity contribution in [2.45, 2.75) is 50.8 Å². The van der Waals surface area contributed by atoms with Gasteiger partial charge in [0, 0.05) is 19.4 Å². The third-order valence-corrected chi connectivity index (χ3v) is 4.71. The normalized spacial score (nSPS) is 24.7. The van der Waals surface area contributed by atoms with Gasteiger partial charge in [0.25, 0.3) is 11.8 Å². The lowest BCUT2D eigenvalue weighted by molar-refractivity contribution is 0.000902. The van der Waals surface area contributed by atoms with E-state index in [9.17, 15) is 18.7 Å². The Hall–Kier alpha value is -2.36. The largest absolute Gasteiger partial charge is 0.391 e. The van der Waals surface area contributed by atoms with Crippen LogP contribution in [0, 0.1) is 0 Å². The highest BCUT2D eigenvalue weighted by Gasteiger charge is 2.44. The van der Waals surface area contributed by atoms with E-state index in [1.807, 2.05) is 6.92 Å². The highest BCUT2D eigenvalue weighted by molar-refractivity contribution is 5.95. The van der Waals surface area contributed by atoms with Crippen molar-refractivity contribution in [2.75, 3.05) is 6.54 Å². The molecule has 25 heavy (non-hydrogen) atoms. The van der Waals surface area contributed by atoms with Gasteiger partial charge in [-0.3, -0.25) is 14.6 Å². The molecular formula is C15H18F2N6O2. The average Bonchev–Trinajstić information content (AvgIpc) is 3.28. The molecule has 1 amide bonds. The first-order valence-corrected chi connectivity index (χ1v) is 8.20. The van der Waals surface area contributed by atoms with Gasteiger partial charge in [0.1, 0.15) is 12.4 Å². The highest BCUT2D eigenvalue weighted by atomic mass is 19.3. The number of aromatic amines is 1. The first-order chi connectivity index (χ1) is 11.9. The van der Waals surface area contributed by atoms with Crippen molar-refractivity contribution in [1.82, 2.24) is 29.9 Å². The minimum atomic E-state index is -2.89. The summed E-state index contributed by atoms with van der Waals surface area (Å²) in [6, 6.07) is -0.489. The number of nitrogens with one attached hydrogen (secondary N) is 1. The topological polar surface area (TPSA) is 99.9 Å². The maximum absolute atomic E-state index is 13.6. The van der Waals surface area contributed by atoms with E-state index >= 15 is 0 Å². The van der Waals surface area contributed by atoms with Gasteiger partial charge in [-0.25, -0.2) is 13.8 Å². The van der Waals surface area contributed by atoms with Crippen LogP contribution < -0.4 is 0 Å². The molecule has 4 rings (SSSR count). The van der Waals surface area contributed by atoms with E-state index in [1.54, 1.807) is 0 Å². The van der Waals surface area contributed by atoms with Gasteiger partial charge in [-0.05, 0) is 0 Å². The summed E-state index contributed by atoms with van der Waals surface area (Å²) in [6.07, 6.45) is 1.09. The molecule has 2 atom stereocenters. The van der Waals surface area contributed by atoms with Crippen LogP contribution in [0.25, 0.3) is 0 Å². The van der Waals surface area contributed by atoms with Crippen molar-refractivity contribution >= 4 is 5.91 Å². The molecule has 2 aliphatic heterocycles. The molecule has 10 heteroatoms. The summed E-state index contributed by atoms with van der Waals surface area (Å²) >= 11 is 0. The molecular weight excluding hydrogens is 334 g/mol. The van der Waals surface area contributed by atoms with E-state index in [0.717, 1.165) is 0 Å². The van der Waals surface area contributed by atoms with Crippen LogP contribution in [0.3, 0.4) is 0 Å². The zero-order chi connectivity index (χ0) is 17.8. The molecule has 2 aromatic rings. The number of aromatic nitrogens is 5. The number of fused-ring (bicyclic) bond motifs is 1. The molecule has 0 spiro atoms. The third kappa shape index (κ3) is 2.70. The quantitative estimate of drug-likeness (QED) is 0.847. The maximum atomic E-state index is 13.6. The van der Waals surface area contributed by atoms with Gasteiger partial charge in [0.2, 0.25) is 0 Å². The third-order valence-electron chi connectivity index (χ3n) is 4.71. The van der Waals surface area contributed by atoms with Gasteiger partial charge in [0.05, 0.1) is 36.0 Å². The number of aryl methyl sites for hydroxylation is 1. The number of aliphatic hydroxyl groups is 1. The monoisotopic (exact) mass is 352 g/mol. The minimum Gasteiger partial charge on any atom is -0.391 e. The molecule has 0 saturated carbocycles. The molecule has 0 unspecified atom stereocenters.